The maximum Gasteiger partial charge on any atom is 0.419 e. The summed E-state index contributed by atoms with van der Waals surface area (Å²) in [7, 11) is 0. The van der Waals surface area contributed by atoms with E-state index in [0.717, 1.165) is 28.8 Å². The van der Waals surface area contributed by atoms with E-state index in [4.69, 9.17) is 0 Å². The fourth-order valence-electron chi connectivity index (χ4n) is 9.09. The van der Waals surface area contributed by atoms with E-state index in [9.17, 15) is 5.11 Å². The number of benzene rings is 4. The average Bonchev–Trinajstić information content (AvgIpc) is 4.11. The Hall–Kier alpha value is -7.40. The predicted molar refractivity (Wildman–Crippen MR) is 229 cm³/mol. The summed E-state index contributed by atoms with van der Waals surface area (Å²) in [6.07, 6.45) is -23.3. The number of nitrogens with zero attached hydrogens (tertiary/aromatic N) is 1. The second kappa shape index (κ2) is 17.0. The van der Waals surface area contributed by atoms with Crippen LogP contribution in [0.2, 0.25) is 0 Å². The van der Waals surface area contributed by atoms with Gasteiger partial charge in [0.25, 0.3) is 0 Å². The first kappa shape index (κ1) is 45.7. The monoisotopic (exact) mass is 946 g/mol. The lowest BCUT2D eigenvalue weighted by atomic mass is 9.94. The summed E-state index contributed by atoms with van der Waals surface area (Å²) in [6, 6.07) is 32.6. The Bertz CT molecular complexity index is 3190. The Balaban J connectivity index is 1.68. The summed E-state index contributed by atoms with van der Waals surface area (Å²) in [5.41, 5.74) is -14.8. The van der Waals surface area contributed by atoms with Gasteiger partial charge in [-0.05, 0) is 52.9 Å². The zero-order valence-corrected chi connectivity index (χ0v) is 34.9. The van der Waals surface area contributed by atoms with Gasteiger partial charge in [0.15, 0.2) is 0 Å². The Labute approximate surface area is 377 Å². The third-order valence-corrected chi connectivity index (χ3v) is 11.6. The van der Waals surface area contributed by atoms with E-state index in [1.807, 2.05) is 0 Å². The lowest BCUT2D eigenvalue weighted by Crippen LogP contribution is -2.22. The van der Waals surface area contributed by atoms with Crippen LogP contribution < -0.4 is 21.4 Å². The number of aliphatic hydroxyl groups is 1. The number of hydrogen-bond acceptors (Lipinski definition) is 1. The van der Waals surface area contributed by atoms with Crippen LogP contribution in [-0.2, 0) is 31.2 Å². The zero-order chi connectivity index (χ0) is 48.3. The highest BCUT2D eigenvalue weighted by molar-refractivity contribution is 5.89. The van der Waals surface area contributed by atoms with Crippen molar-refractivity contribution in [3.63, 3.8) is 0 Å². The highest BCUT2D eigenvalue weighted by Crippen LogP contribution is 2.51. The van der Waals surface area contributed by atoms with Gasteiger partial charge in [0.2, 0.25) is 0 Å². The Morgan fingerprint density at radius 3 is 0.912 bits per heavy atom. The number of aliphatic hydroxyl groups excluding tert-OH is 1. The lowest BCUT2D eigenvalue weighted by Gasteiger charge is -2.19. The van der Waals surface area contributed by atoms with Crippen molar-refractivity contribution in [1.82, 2.24) is 19.5 Å². The minimum Gasteiger partial charge on any atom is -0.396 e. The van der Waals surface area contributed by atoms with Crippen LogP contribution in [0, 0.1) is 0 Å². The quantitative estimate of drug-likeness (QED) is 0.118. The first-order valence-electron chi connectivity index (χ1n) is 20.8. The molecule has 0 amide bonds. The molecule has 4 aromatic heterocycles. The molecule has 0 saturated heterocycles. The number of fused-ring (bicyclic) bond motifs is 8. The largest absolute Gasteiger partial charge is 0.419 e. The smallest absolute Gasteiger partial charge is 0.396 e. The van der Waals surface area contributed by atoms with Crippen molar-refractivity contribution in [2.24, 2.45) is 0 Å². The van der Waals surface area contributed by atoms with Gasteiger partial charge in [-0.3, -0.25) is 0 Å². The number of alkyl halides is 12. The van der Waals surface area contributed by atoms with Gasteiger partial charge in [-0.1, -0.05) is 121 Å². The maximum atomic E-state index is 16.1. The molecule has 0 unspecified atom stereocenters. The van der Waals surface area contributed by atoms with Crippen molar-refractivity contribution in [2.45, 2.75) is 37.7 Å². The summed E-state index contributed by atoms with van der Waals surface area (Å²) in [5, 5.41) is 8.83. The molecule has 0 aliphatic carbocycles. The van der Waals surface area contributed by atoms with Crippen molar-refractivity contribution >= 4 is 22.3 Å². The molecule has 0 saturated carbocycles. The van der Waals surface area contributed by atoms with Crippen LogP contribution in [-0.4, -0.2) is 31.2 Å². The third-order valence-electron chi connectivity index (χ3n) is 11.6. The van der Waals surface area contributed by atoms with Gasteiger partial charge < -0.3 is 24.6 Å². The van der Waals surface area contributed by atoms with E-state index >= 15 is 52.7 Å². The number of halogens is 12. The lowest BCUT2D eigenvalue weighted by molar-refractivity contribution is -0.161. The molecule has 0 spiro atoms. The molecule has 1 aliphatic heterocycles. The van der Waals surface area contributed by atoms with E-state index in [1.165, 1.54) is 121 Å². The molecular weight excluding hydrogens is 913 g/mol. The van der Waals surface area contributed by atoms with Crippen LogP contribution in [0.4, 0.5) is 52.7 Å². The number of hydrogen-bond donors (Lipinski definition) is 4. The van der Waals surface area contributed by atoms with Gasteiger partial charge in [0.05, 0.1) is 45.0 Å². The molecular formula is C51H34F12N4O. The van der Waals surface area contributed by atoms with Crippen molar-refractivity contribution in [2.75, 3.05) is 6.61 Å². The maximum absolute atomic E-state index is 16.1. The molecule has 0 atom stereocenters. The predicted octanol–water partition coefficient (Wildman–Crippen LogP) is 10.2. The molecule has 5 nitrogen and oxygen atoms in total. The van der Waals surface area contributed by atoms with Gasteiger partial charge >= 0.3 is 24.7 Å². The van der Waals surface area contributed by atoms with Crippen molar-refractivity contribution in [1.29, 1.82) is 0 Å². The first-order valence-corrected chi connectivity index (χ1v) is 20.8. The molecule has 0 fully saturated rings. The minimum absolute atomic E-state index is 0.0650. The minimum atomic E-state index is -5.74. The Morgan fingerprint density at radius 1 is 0.353 bits per heavy atom. The Morgan fingerprint density at radius 2 is 0.632 bits per heavy atom. The number of rotatable bonds is 7. The molecule has 8 aromatic rings. The van der Waals surface area contributed by atoms with Gasteiger partial charge in [-0.25, -0.2) is 0 Å². The SMILES string of the molecule is OCCCn1c2c(C(F)(F)F)c(C(F)(F)F)c1/C(c1ccccc1)=c1/cc/c([nH]1)=C(\c1ccccc1)c1[nH]c(c(C(F)(F)F)c1C(F)(F)F)/C(c1ccccc1)=c1/cc/c([nH]1)=C/2c1ccccc1. The summed E-state index contributed by atoms with van der Waals surface area (Å²) >= 11 is 0. The molecule has 9 rings (SSSR count). The highest BCUT2D eigenvalue weighted by Gasteiger charge is 2.52. The van der Waals surface area contributed by atoms with Gasteiger partial charge in [0.1, 0.15) is 0 Å². The molecule has 4 aromatic carbocycles. The summed E-state index contributed by atoms with van der Waals surface area (Å²) in [4.78, 5) is 8.24. The highest BCUT2D eigenvalue weighted by atomic mass is 19.4. The van der Waals surface area contributed by atoms with E-state index in [-0.39, 0.29) is 50.1 Å². The molecule has 8 bridgehead atoms. The van der Waals surface area contributed by atoms with Crippen molar-refractivity contribution < 1.29 is 57.8 Å². The molecule has 1 aliphatic rings. The van der Waals surface area contributed by atoms with Crippen LogP contribution in [0.5, 0.6) is 0 Å². The fourth-order valence-corrected chi connectivity index (χ4v) is 9.09. The normalized spacial score (nSPS) is 16.9. The van der Waals surface area contributed by atoms with Crippen LogP contribution in [0.25, 0.3) is 22.3 Å². The second-order valence-electron chi connectivity index (χ2n) is 15.8. The summed E-state index contributed by atoms with van der Waals surface area (Å²) < 4.78 is 192. The number of aromatic amines is 3. The summed E-state index contributed by atoms with van der Waals surface area (Å²) in [6.45, 7) is -1.31. The van der Waals surface area contributed by atoms with Crippen molar-refractivity contribution in [3.8, 4) is 0 Å². The van der Waals surface area contributed by atoms with Crippen LogP contribution in [0.15, 0.2) is 146 Å². The summed E-state index contributed by atoms with van der Waals surface area (Å²) in [5.74, 6) is 0. The van der Waals surface area contributed by atoms with E-state index in [0.29, 0.717) is 0 Å². The average molecular weight is 947 g/mol. The zero-order valence-electron chi connectivity index (χ0n) is 34.9. The number of nitrogens with one attached hydrogen (secondary N) is 3. The van der Waals surface area contributed by atoms with Crippen LogP contribution in [0.1, 0.15) is 73.7 Å². The Kier molecular flexibility index (Phi) is 11.5. The molecule has 17 heteroatoms. The topological polar surface area (TPSA) is 72.5 Å². The van der Waals surface area contributed by atoms with E-state index in [2.05, 4.69) is 15.0 Å². The van der Waals surface area contributed by atoms with Gasteiger partial charge in [0, 0.05) is 56.8 Å². The third kappa shape index (κ3) is 8.13. The molecule has 68 heavy (non-hydrogen) atoms. The first-order chi connectivity index (χ1) is 32.3. The van der Waals surface area contributed by atoms with E-state index < -0.39 is 105 Å². The number of H-pyrrole nitrogens is 3. The number of aromatic nitrogens is 4. The second-order valence-corrected chi connectivity index (χ2v) is 15.8. The molecule has 348 valence electrons. The molecule has 0 radical (unpaired) electrons. The van der Waals surface area contributed by atoms with Crippen molar-refractivity contribution in [3.05, 3.63) is 234 Å². The van der Waals surface area contributed by atoms with Crippen LogP contribution in [0.3, 0.4) is 0 Å². The standard InChI is InChI=1S/C51H34F12N4O/c52-48(53,54)40-41(49(55,56)57)45-37(29-16-7-2-8-17-29)33-23-25-35(65-33)39(31-20-11-4-12-21-31)47-43(51(61,62)63)42(50(58,59)60)46(67(47)26-13-27-68)38(30-18-9-3-10-19-30)34-24-22-32(64-34)36(44(40)66-45)28-14-5-1-6-15-28/h1-12,14-25,64-66,68H,13,26-27H2/b36-32-,37-33-,38-34-,39-35-,44-36?,45-37?,46-38?,47-39?. The van der Waals surface area contributed by atoms with Gasteiger partial charge in [-0.15, -0.1) is 0 Å². The molecule has 4 N–H and O–H groups in total. The fraction of sp³-hybridized carbons (Fsp3) is 0.137. The van der Waals surface area contributed by atoms with Crippen LogP contribution >= 0.6 is 0 Å². The molecule has 5 heterocycles. The van der Waals surface area contributed by atoms with Gasteiger partial charge in [-0.2, -0.15) is 52.7 Å². The van der Waals surface area contributed by atoms with E-state index in [1.54, 1.807) is 0 Å².